The first-order valence-corrected chi connectivity index (χ1v) is 5.68. The number of methoxy groups -OCH3 is 1. The SMILES string of the molecule is COc1ccc(C(F)F)c(-c2cc(C(=O)O)nn2C)c1. The van der Waals surface area contributed by atoms with Gasteiger partial charge in [0.1, 0.15) is 5.75 Å². The van der Waals surface area contributed by atoms with Crippen molar-refractivity contribution in [3.05, 3.63) is 35.5 Å². The first-order chi connectivity index (χ1) is 9.43. The molecular weight excluding hydrogens is 270 g/mol. The summed E-state index contributed by atoms with van der Waals surface area (Å²) in [6.07, 6.45) is -2.68. The number of ether oxygens (including phenoxy) is 1. The van der Waals surface area contributed by atoms with Crippen LogP contribution in [0.5, 0.6) is 5.75 Å². The third-order valence-electron chi connectivity index (χ3n) is 2.87. The summed E-state index contributed by atoms with van der Waals surface area (Å²) in [7, 11) is 2.92. The van der Waals surface area contributed by atoms with E-state index in [4.69, 9.17) is 9.84 Å². The number of nitrogens with zero attached hydrogens (tertiary/aromatic N) is 2. The average Bonchev–Trinajstić information content (AvgIpc) is 2.80. The predicted molar refractivity (Wildman–Crippen MR) is 67.1 cm³/mol. The summed E-state index contributed by atoms with van der Waals surface area (Å²) in [6, 6.07) is 5.37. The second-order valence-corrected chi connectivity index (χ2v) is 4.10. The zero-order chi connectivity index (χ0) is 14.9. The van der Waals surface area contributed by atoms with Crippen molar-refractivity contribution in [2.24, 2.45) is 7.05 Å². The molecule has 1 aromatic carbocycles. The number of alkyl halides is 2. The van der Waals surface area contributed by atoms with E-state index >= 15 is 0 Å². The van der Waals surface area contributed by atoms with Gasteiger partial charge in [-0.3, -0.25) is 4.68 Å². The van der Waals surface area contributed by atoms with E-state index in [1.54, 1.807) is 0 Å². The largest absolute Gasteiger partial charge is 0.497 e. The number of benzene rings is 1. The Morgan fingerprint density at radius 2 is 2.10 bits per heavy atom. The molecule has 0 spiro atoms. The monoisotopic (exact) mass is 282 g/mol. The summed E-state index contributed by atoms with van der Waals surface area (Å²) in [4.78, 5) is 10.9. The highest BCUT2D eigenvalue weighted by Crippen LogP contribution is 2.34. The van der Waals surface area contributed by atoms with Gasteiger partial charge in [0.05, 0.1) is 12.8 Å². The molecule has 2 rings (SSSR count). The van der Waals surface area contributed by atoms with E-state index in [1.807, 2.05) is 0 Å². The second-order valence-electron chi connectivity index (χ2n) is 4.10. The van der Waals surface area contributed by atoms with Crippen molar-refractivity contribution < 1.29 is 23.4 Å². The van der Waals surface area contributed by atoms with Crippen LogP contribution in [-0.2, 0) is 7.05 Å². The number of carbonyl (C=O) groups is 1. The summed E-state index contributed by atoms with van der Waals surface area (Å²) in [5, 5.41) is 12.7. The minimum atomic E-state index is -2.68. The van der Waals surface area contributed by atoms with E-state index in [9.17, 15) is 13.6 Å². The number of hydrogen-bond acceptors (Lipinski definition) is 3. The Kier molecular flexibility index (Phi) is 3.69. The van der Waals surface area contributed by atoms with Gasteiger partial charge < -0.3 is 9.84 Å². The van der Waals surface area contributed by atoms with Crippen LogP contribution in [0, 0.1) is 0 Å². The van der Waals surface area contributed by atoms with Gasteiger partial charge in [-0.1, -0.05) is 0 Å². The number of hydrogen-bond donors (Lipinski definition) is 1. The summed E-state index contributed by atoms with van der Waals surface area (Å²) >= 11 is 0. The number of aromatic carboxylic acids is 1. The molecule has 0 aliphatic carbocycles. The summed E-state index contributed by atoms with van der Waals surface area (Å²) < 4.78 is 32.4. The van der Waals surface area contributed by atoms with Crippen molar-refractivity contribution in [3.63, 3.8) is 0 Å². The number of carboxylic acid groups (broad SMARTS) is 1. The Balaban J connectivity index is 2.63. The lowest BCUT2D eigenvalue weighted by atomic mass is 10.0. The van der Waals surface area contributed by atoms with Crippen LogP contribution in [0.4, 0.5) is 8.78 Å². The molecule has 0 fully saturated rings. The molecule has 5 nitrogen and oxygen atoms in total. The summed E-state index contributed by atoms with van der Waals surface area (Å²) in [5.41, 5.74) is 0.0784. The molecule has 106 valence electrons. The Hall–Kier alpha value is -2.44. The lowest BCUT2D eigenvalue weighted by Crippen LogP contribution is -2.00. The predicted octanol–water partition coefficient (Wildman–Crippen LogP) is 2.73. The van der Waals surface area contributed by atoms with Crippen molar-refractivity contribution in [1.82, 2.24) is 9.78 Å². The van der Waals surface area contributed by atoms with Gasteiger partial charge in [0.2, 0.25) is 0 Å². The molecule has 0 aliphatic rings. The first kappa shape index (κ1) is 14.0. The zero-order valence-electron chi connectivity index (χ0n) is 10.8. The molecule has 0 atom stereocenters. The maximum absolute atomic E-state index is 13.1. The van der Waals surface area contributed by atoms with Crippen LogP contribution in [0.1, 0.15) is 22.5 Å². The maximum atomic E-state index is 13.1. The highest BCUT2D eigenvalue weighted by molar-refractivity contribution is 5.87. The number of aromatic nitrogens is 2. The molecule has 20 heavy (non-hydrogen) atoms. The topological polar surface area (TPSA) is 64.3 Å². The van der Waals surface area contributed by atoms with E-state index in [0.717, 1.165) is 0 Å². The van der Waals surface area contributed by atoms with E-state index in [1.165, 1.54) is 43.1 Å². The van der Waals surface area contributed by atoms with Gasteiger partial charge >= 0.3 is 5.97 Å². The molecule has 7 heteroatoms. The minimum Gasteiger partial charge on any atom is -0.497 e. The molecule has 1 aromatic heterocycles. The molecule has 0 radical (unpaired) electrons. The lowest BCUT2D eigenvalue weighted by Gasteiger charge is -2.11. The normalized spacial score (nSPS) is 10.8. The van der Waals surface area contributed by atoms with E-state index < -0.39 is 12.4 Å². The van der Waals surface area contributed by atoms with Gasteiger partial charge in [-0.2, -0.15) is 5.10 Å². The fraction of sp³-hybridized carbons (Fsp3) is 0.231. The Morgan fingerprint density at radius 3 is 2.60 bits per heavy atom. The first-order valence-electron chi connectivity index (χ1n) is 5.68. The fourth-order valence-corrected chi connectivity index (χ4v) is 1.90. The zero-order valence-corrected chi connectivity index (χ0v) is 10.8. The van der Waals surface area contributed by atoms with Gasteiger partial charge in [-0.25, -0.2) is 13.6 Å². The van der Waals surface area contributed by atoms with Crippen LogP contribution < -0.4 is 4.74 Å². The van der Waals surface area contributed by atoms with Gasteiger partial charge in [0.25, 0.3) is 6.43 Å². The van der Waals surface area contributed by atoms with Gasteiger partial charge in [0.15, 0.2) is 5.69 Å². The molecule has 2 aromatic rings. The summed E-state index contributed by atoms with van der Waals surface area (Å²) in [5.74, 6) is -0.809. The Bertz CT molecular complexity index is 653. The number of carboxylic acids is 1. The maximum Gasteiger partial charge on any atom is 0.356 e. The van der Waals surface area contributed by atoms with Crippen LogP contribution in [0.2, 0.25) is 0 Å². The van der Waals surface area contributed by atoms with Crippen LogP contribution in [-0.4, -0.2) is 28.0 Å². The Labute approximate surface area is 113 Å². The van der Waals surface area contributed by atoms with Crippen LogP contribution in [0.3, 0.4) is 0 Å². The standard InChI is InChI=1S/C13H12F2N2O3/c1-17-11(6-10(16-17)13(18)19)9-5-7(20-2)3-4-8(9)12(14)15/h3-6,12H,1-2H3,(H,18,19). The summed E-state index contributed by atoms with van der Waals surface area (Å²) in [6.45, 7) is 0. The van der Waals surface area contributed by atoms with E-state index in [0.29, 0.717) is 5.75 Å². The number of halogens is 2. The molecule has 0 saturated heterocycles. The average molecular weight is 282 g/mol. The highest BCUT2D eigenvalue weighted by atomic mass is 19.3. The van der Waals surface area contributed by atoms with Crippen molar-refractivity contribution in [3.8, 4) is 17.0 Å². The van der Waals surface area contributed by atoms with Gasteiger partial charge in [-0.05, 0) is 24.3 Å². The molecule has 0 bridgehead atoms. The van der Waals surface area contributed by atoms with E-state index in [2.05, 4.69) is 5.10 Å². The quantitative estimate of drug-likeness (QED) is 0.936. The van der Waals surface area contributed by atoms with Crippen molar-refractivity contribution >= 4 is 5.97 Å². The molecule has 0 unspecified atom stereocenters. The third kappa shape index (κ3) is 2.47. The van der Waals surface area contributed by atoms with Crippen LogP contribution in [0.25, 0.3) is 11.3 Å². The molecular formula is C13H12F2N2O3. The van der Waals surface area contributed by atoms with Crippen molar-refractivity contribution in [2.45, 2.75) is 6.43 Å². The van der Waals surface area contributed by atoms with Gasteiger partial charge in [-0.15, -0.1) is 0 Å². The minimum absolute atomic E-state index is 0.196. The van der Waals surface area contributed by atoms with E-state index in [-0.39, 0.29) is 22.5 Å². The number of rotatable bonds is 4. The Morgan fingerprint density at radius 1 is 1.40 bits per heavy atom. The lowest BCUT2D eigenvalue weighted by molar-refractivity contribution is 0.0689. The smallest absolute Gasteiger partial charge is 0.356 e. The molecule has 1 heterocycles. The number of aryl methyl sites for hydroxylation is 1. The van der Waals surface area contributed by atoms with Gasteiger partial charge in [0, 0.05) is 18.2 Å². The van der Waals surface area contributed by atoms with Crippen molar-refractivity contribution in [2.75, 3.05) is 7.11 Å². The highest BCUT2D eigenvalue weighted by Gasteiger charge is 2.20. The fourth-order valence-electron chi connectivity index (χ4n) is 1.90. The molecule has 0 aliphatic heterocycles. The molecule has 0 saturated carbocycles. The van der Waals surface area contributed by atoms with Crippen molar-refractivity contribution in [1.29, 1.82) is 0 Å². The molecule has 1 N–H and O–H groups in total. The third-order valence-corrected chi connectivity index (χ3v) is 2.87. The second kappa shape index (κ2) is 5.28. The van der Waals surface area contributed by atoms with Crippen LogP contribution in [0.15, 0.2) is 24.3 Å². The molecule has 0 amide bonds. The van der Waals surface area contributed by atoms with Crippen LogP contribution >= 0.6 is 0 Å².